The molecule has 0 fully saturated rings. The average Bonchev–Trinajstić information content (AvgIpc) is 3.02. The predicted octanol–water partition coefficient (Wildman–Crippen LogP) is 9.72. The van der Waals surface area contributed by atoms with Crippen molar-refractivity contribution in [3.63, 3.8) is 0 Å². The summed E-state index contributed by atoms with van der Waals surface area (Å²) in [6.45, 7) is 0.480. The van der Waals surface area contributed by atoms with Gasteiger partial charge in [0.05, 0.1) is 0 Å². The highest BCUT2D eigenvalue weighted by Gasteiger charge is 2.41. The maximum absolute atomic E-state index is 15.2. The lowest BCUT2D eigenvalue weighted by molar-refractivity contribution is 0.361. The van der Waals surface area contributed by atoms with E-state index in [-0.39, 0.29) is 0 Å². The summed E-state index contributed by atoms with van der Waals surface area (Å²) in [5, 5.41) is 10.5. The number of nitrogens with one attached hydrogen (secondary N) is 1. The van der Waals surface area contributed by atoms with Crippen molar-refractivity contribution in [1.82, 2.24) is 5.32 Å². The van der Waals surface area contributed by atoms with Crippen LogP contribution in [-0.2, 0) is 11.1 Å². The predicted molar refractivity (Wildman–Crippen MR) is 168 cm³/mol. The minimum atomic E-state index is -3.93. The van der Waals surface area contributed by atoms with Gasteiger partial charge in [0, 0.05) is 6.54 Å². The van der Waals surface area contributed by atoms with Crippen molar-refractivity contribution in [2.45, 2.75) is 12.3 Å². The van der Waals surface area contributed by atoms with Crippen LogP contribution in [0.1, 0.15) is 16.9 Å². The molecule has 4 nitrogen and oxygen atoms in total. The minimum absolute atomic E-state index is 0.480. The lowest BCUT2D eigenvalue weighted by Crippen LogP contribution is -2.25. The third-order valence-electron chi connectivity index (χ3n) is 7.47. The Hall–Kier alpha value is -4.63. The van der Waals surface area contributed by atoms with E-state index in [1.54, 1.807) is 24.3 Å². The van der Waals surface area contributed by atoms with Gasteiger partial charge in [0.25, 0.3) is 0 Å². The second-order valence-electron chi connectivity index (χ2n) is 10.1. The molecule has 0 aliphatic heterocycles. The zero-order valence-electron chi connectivity index (χ0n) is 22.3. The van der Waals surface area contributed by atoms with Crippen LogP contribution in [0.5, 0.6) is 11.5 Å². The molecule has 41 heavy (non-hydrogen) atoms. The van der Waals surface area contributed by atoms with Crippen LogP contribution in [0.2, 0.25) is 0 Å². The van der Waals surface area contributed by atoms with E-state index in [9.17, 15) is 0 Å². The molecule has 0 aromatic heterocycles. The fourth-order valence-corrected chi connectivity index (χ4v) is 7.54. The van der Waals surface area contributed by atoms with Crippen molar-refractivity contribution in [2.24, 2.45) is 0 Å². The van der Waals surface area contributed by atoms with E-state index in [0.717, 1.165) is 27.3 Å². The second kappa shape index (κ2) is 10.7. The summed E-state index contributed by atoms with van der Waals surface area (Å²) < 4.78 is 28.0. The molecule has 1 atom stereocenters. The molecule has 0 heterocycles. The Kier molecular flexibility index (Phi) is 6.64. The first kappa shape index (κ1) is 25.3. The maximum atomic E-state index is 15.2. The Morgan fingerprint density at radius 3 is 1.66 bits per heavy atom. The molecule has 7 aromatic rings. The lowest BCUT2D eigenvalue weighted by atomic mass is 9.92. The Labute approximate surface area is 239 Å². The molecule has 0 radical (unpaired) electrons. The number of hydrogen-bond donors (Lipinski definition) is 1. The zero-order valence-corrected chi connectivity index (χ0v) is 23.2. The van der Waals surface area contributed by atoms with E-state index in [1.807, 2.05) is 54.6 Å². The molecular weight excluding hydrogens is 525 g/mol. The van der Waals surface area contributed by atoms with Crippen LogP contribution in [0.15, 0.2) is 146 Å². The Bertz CT molecular complexity index is 1920. The van der Waals surface area contributed by atoms with E-state index in [4.69, 9.17) is 9.05 Å². The molecule has 0 aliphatic carbocycles. The van der Waals surface area contributed by atoms with Gasteiger partial charge in [0.2, 0.25) is 0 Å². The van der Waals surface area contributed by atoms with Crippen LogP contribution in [-0.4, -0.2) is 0 Å². The van der Waals surface area contributed by atoms with Gasteiger partial charge in [-0.3, -0.25) is 5.32 Å². The topological polar surface area (TPSA) is 47.6 Å². The molecule has 7 aromatic carbocycles. The highest BCUT2D eigenvalue weighted by Crippen LogP contribution is 2.60. The highest BCUT2D eigenvalue weighted by molar-refractivity contribution is 7.55. The van der Waals surface area contributed by atoms with Crippen LogP contribution in [0.3, 0.4) is 0 Å². The van der Waals surface area contributed by atoms with Gasteiger partial charge in [-0.25, -0.2) is 4.57 Å². The molecule has 0 amide bonds. The van der Waals surface area contributed by atoms with E-state index in [0.29, 0.717) is 18.0 Å². The van der Waals surface area contributed by atoms with Crippen molar-refractivity contribution < 1.29 is 13.6 Å². The average molecular weight is 554 g/mol. The standard InChI is InChI=1S/C36H28NO3P/c38-41(39-30-15-6-2-7-16-30,40-31-17-8-3-9-18-31)36(37-25-26-11-4-1-5-12-26)33-24-22-29-20-19-27-13-10-14-28-21-23-32(33)35(29)34(27)28/h1-24,36-37H,25H2. The molecule has 5 heteroatoms. The summed E-state index contributed by atoms with van der Waals surface area (Å²) in [5.41, 5.74) is 1.93. The first-order valence-corrected chi connectivity index (χ1v) is 15.3. The van der Waals surface area contributed by atoms with E-state index < -0.39 is 13.4 Å². The molecule has 200 valence electrons. The Balaban J connectivity index is 1.43. The van der Waals surface area contributed by atoms with Gasteiger partial charge in [-0.1, -0.05) is 121 Å². The lowest BCUT2D eigenvalue weighted by Gasteiger charge is -2.30. The quantitative estimate of drug-likeness (QED) is 0.143. The van der Waals surface area contributed by atoms with Crippen molar-refractivity contribution in [3.8, 4) is 11.5 Å². The van der Waals surface area contributed by atoms with Gasteiger partial charge in [-0.15, -0.1) is 0 Å². The van der Waals surface area contributed by atoms with E-state index in [2.05, 4.69) is 72.0 Å². The van der Waals surface area contributed by atoms with Gasteiger partial charge in [0.15, 0.2) is 5.78 Å². The molecule has 7 rings (SSSR count). The van der Waals surface area contributed by atoms with Crippen molar-refractivity contribution in [1.29, 1.82) is 0 Å². The monoisotopic (exact) mass is 553 g/mol. The molecule has 0 bridgehead atoms. The summed E-state index contributed by atoms with van der Waals surface area (Å²) >= 11 is 0. The van der Waals surface area contributed by atoms with Crippen molar-refractivity contribution in [3.05, 3.63) is 157 Å². The van der Waals surface area contributed by atoms with Gasteiger partial charge < -0.3 is 9.05 Å². The van der Waals surface area contributed by atoms with Crippen LogP contribution in [0, 0.1) is 0 Å². The van der Waals surface area contributed by atoms with Crippen LogP contribution >= 0.6 is 7.60 Å². The Morgan fingerprint density at radius 2 is 1.05 bits per heavy atom. The molecule has 1 N–H and O–H groups in total. The maximum Gasteiger partial charge on any atom is 0.452 e. The van der Waals surface area contributed by atoms with Crippen molar-refractivity contribution >= 4 is 39.9 Å². The summed E-state index contributed by atoms with van der Waals surface area (Å²) in [5.74, 6) is 0.194. The van der Waals surface area contributed by atoms with E-state index in [1.165, 1.54) is 16.2 Å². The fourth-order valence-electron chi connectivity index (χ4n) is 5.58. The largest absolute Gasteiger partial charge is 0.452 e. The summed E-state index contributed by atoms with van der Waals surface area (Å²) in [6, 6.07) is 47.7. The third-order valence-corrected chi connectivity index (χ3v) is 9.49. The first-order valence-electron chi connectivity index (χ1n) is 13.7. The van der Waals surface area contributed by atoms with Crippen LogP contribution < -0.4 is 14.4 Å². The molecule has 0 aliphatic rings. The number of benzene rings is 7. The van der Waals surface area contributed by atoms with Crippen LogP contribution in [0.25, 0.3) is 32.3 Å². The molecular formula is C36H28NO3P. The normalized spacial score (nSPS) is 12.6. The third kappa shape index (κ3) is 4.93. The molecule has 0 saturated carbocycles. The summed E-state index contributed by atoms with van der Waals surface area (Å²) in [6.07, 6.45) is 0. The summed E-state index contributed by atoms with van der Waals surface area (Å²) in [4.78, 5) is 0. The minimum Gasteiger partial charge on any atom is -0.415 e. The number of rotatable bonds is 9. The van der Waals surface area contributed by atoms with Gasteiger partial charge >= 0.3 is 7.60 Å². The molecule has 0 spiro atoms. The number of para-hydroxylation sites is 2. The van der Waals surface area contributed by atoms with Gasteiger partial charge in [0.1, 0.15) is 11.5 Å². The fraction of sp³-hybridized carbons (Fsp3) is 0.0556. The number of hydrogen-bond acceptors (Lipinski definition) is 4. The van der Waals surface area contributed by atoms with Crippen molar-refractivity contribution in [2.75, 3.05) is 0 Å². The first-order chi connectivity index (χ1) is 20.2. The zero-order chi connectivity index (χ0) is 27.6. The highest BCUT2D eigenvalue weighted by atomic mass is 31.2. The van der Waals surface area contributed by atoms with Gasteiger partial charge in [-0.2, -0.15) is 0 Å². The van der Waals surface area contributed by atoms with Crippen LogP contribution in [0.4, 0.5) is 0 Å². The Morgan fingerprint density at radius 1 is 0.537 bits per heavy atom. The molecule has 1 unspecified atom stereocenters. The second-order valence-corrected chi connectivity index (χ2v) is 12.1. The molecule has 0 saturated heterocycles. The van der Waals surface area contributed by atoms with E-state index >= 15 is 4.57 Å². The summed E-state index contributed by atoms with van der Waals surface area (Å²) in [7, 11) is -3.93. The smallest absolute Gasteiger partial charge is 0.415 e. The van der Waals surface area contributed by atoms with Gasteiger partial charge in [-0.05, 0) is 67.7 Å². The SMILES string of the molecule is O=P(Oc1ccccc1)(Oc1ccccc1)C(NCc1ccccc1)c1ccc2ccc3cccc4ccc1c2c34.